The first-order valence-electron chi connectivity index (χ1n) is 5.72. The Hall–Kier alpha value is 0.270. The van der Waals surface area contributed by atoms with E-state index in [0.717, 1.165) is 12.6 Å². The Morgan fingerprint density at radius 1 is 1.57 bits per heavy atom. The van der Waals surface area contributed by atoms with E-state index in [4.69, 9.17) is 5.73 Å². The molecule has 14 heavy (non-hydrogen) atoms. The Kier molecular flexibility index (Phi) is 5.90. The molecule has 2 atom stereocenters. The van der Waals surface area contributed by atoms with Crippen molar-refractivity contribution in [2.75, 3.05) is 31.6 Å². The van der Waals surface area contributed by atoms with Crippen molar-refractivity contribution in [1.29, 1.82) is 0 Å². The van der Waals surface area contributed by atoms with Gasteiger partial charge in [-0.25, -0.2) is 0 Å². The van der Waals surface area contributed by atoms with Crippen LogP contribution in [0.5, 0.6) is 0 Å². The van der Waals surface area contributed by atoms with Gasteiger partial charge in [0.2, 0.25) is 0 Å². The lowest BCUT2D eigenvalue weighted by atomic mass is 10.1. The maximum atomic E-state index is 5.59. The first-order valence-corrected chi connectivity index (χ1v) is 6.87. The first kappa shape index (κ1) is 12.3. The van der Waals surface area contributed by atoms with Gasteiger partial charge in [-0.3, -0.25) is 0 Å². The van der Waals surface area contributed by atoms with E-state index in [9.17, 15) is 0 Å². The molecule has 0 aromatic carbocycles. The van der Waals surface area contributed by atoms with Gasteiger partial charge in [0.25, 0.3) is 0 Å². The molecule has 0 aromatic rings. The molecular weight excluding hydrogens is 192 g/mol. The highest BCUT2D eigenvalue weighted by Gasteiger charge is 2.19. The van der Waals surface area contributed by atoms with Crippen LogP contribution in [0.3, 0.4) is 0 Å². The van der Waals surface area contributed by atoms with Crippen LogP contribution in [0.1, 0.15) is 26.2 Å². The van der Waals surface area contributed by atoms with Gasteiger partial charge >= 0.3 is 0 Å². The molecule has 2 unspecified atom stereocenters. The minimum Gasteiger partial charge on any atom is -0.330 e. The number of nitrogens with zero attached hydrogens (tertiary/aromatic N) is 1. The molecular formula is C11H24N2S. The second-order valence-corrected chi connectivity index (χ2v) is 5.63. The fraction of sp³-hybridized carbons (Fsp3) is 1.00. The molecule has 0 aliphatic carbocycles. The predicted octanol–water partition coefficient (Wildman–Crippen LogP) is 1.80. The third-order valence-corrected chi connectivity index (χ3v) is 4.28. The summed E-state index contributed by atoms with van der Waals surface area (Å²) < 4.78 is 0. The average molecular weight is 216 g/mol. The Morgan fingerprint density at radius 3 is 2.93 bits per heavy atom. The van der Waals surface area contributed by atoms with Crippen LogP contribution in [0.2, 0.25) is 0 Å². The SMILES string of the molecule is CC(CN)CCCN(C)C1CCSC1. The van der Waals surface area contributed by atoms with Crippen LogP contribution in [0.15, 0.2) is 0 Å². The predicted molar refractivity (Wildman–Crippen MR) is 65.8 cm³/mol. The number of hydrogen-bond acceptors (Lipinski definition) is 3. The van der Waals surface area contributed by atoms with E-state index >= 15 is 0 Å². The minimum absolute atomic E-state index is 0.696. The zero-order chi connectivity index (χ0) is 10.4. The Morgan fingerprint density at radius 2 is 2.36 bits per heavy atom. The summed E-state index contributed by atoms with van der Waals surface area (Å²) in [7, 11) is 2.27. The van der Waals surface area contributed by atoms with Gasteiger partial charge in [0.05, 0.1) is 0 Å². The van der Waals surface area contributed by atoms with Crippen LogP contribution in [0, 0.1) is 5.92 Å². The van der Waals surface area contributed by atoms with Crippen molar-refractivity contribution in [1.82, 2.24) is 4.90 Å². The number of rotatable bonds is 6. The number of hydrogen-bond donors (Lipinski definition) is 1. The maximum Gasteiger partial charge on any atom is 0.0191 e. The van der Waals surface area contributed by atoms with E-state index in [1.807, 2.05) is 0 Å². The zero-order valence-corrected chi connectivity index (χ0v) is 10.4. The fourth-order valence-corrected chi connectivity index (χ4v) is 3.16. The van der Waals surface area contributed by atoms with Crippen molar-refractivity contribution in [2.45, 2.75) is 32.2 Å². The lowest BCUT2D eigenvalue weighted by Crippen LogP contribution is -2.32. The van der Waals surface area contributed by atoms with Gasteiger partial charge in [0.1, 0.15) is 0 Å². The summed E-state index contributed by atoms with van der Waals surface area (Å²) in [4.78, 5) is 2.53. The molecule has 0 bridgehead atoms. The molecule has 84 valence electrons. The molecule has 0 aromatic heterocycles. The van der Waals surface area contributed by atoms with Crippen molar-refractivity contribution < 1.29 is 0 Å². The van der Waals surface area contributed by atoms with E-state index in [1.54, 1.807) is 0 Å². The summed E-state index contributed by atoms with van der Waals surface area (Å²) in [6.45, 7) is 4.32. The fourth-order valence-electron chi connectivity index (χ4n) is 1.86. The lowest BCUT2D eigenvalue weighted by Gasteiger charge is -2.23. The minimum atomic E-state index is 0.696. The third kappa shape index (κ3) is 4.20. The molecule has 0 radical (unpaired) electrons. The zero-order valence-electron chi connectivity index (χ0n) is 9.54. The molecule has 0 saturated carbocycles. The molecule has 1 aliphatic rings. The highest BCUT2D eigenvalue weighted by Crippen LogP contribution is 2.21. The van der Waals surface area contributed by atoms with E-state index < -0.39 is 0 Å². The van der Waals surface area contributed by atoms with Crippen LogP contribution in [-0.4, -0.2) is 42.6 Å². The summed E-state index contributed by atoms with van der Waals surface area (Å²) in [6, 6.07) is 0.841. The van der Waals surface area contributed by atoms with E-state index in [0.29, 0.717) is 5.92 Å². The van der Waals surface area contributed by atoms with E-state index in [1.165, 1.54) is 37.3 Å². The van der Waals surface area contributed by atoms with Crippen LogP contribution in [0.4, 0.5) is 0 Å². The Balaban J connectivity index is 2.05. The second kappa shape index (κ2) is 6.70. The lowest BCUT2D eigenvalue weighted by molar-refractivity contribution is 0.252. The summed E-state index contributed by atoms with van der Waals surface area (Å²) >= 11 is 2.09. The summed E-state index contributed by atoms with van der Waals surface area (Å²) in [5.74, 6) is 3.39. The van der Waals surface area contributed by atoms with Crippen molar-refractivity contribution in [3.63, 3.8) is 0 Å². The van der Waals surface area contributed by atoms with Gasteiger partial charge in [-0.05, 0) is 51.1 Å². The molecule has 1 heterocycles. The van der Waals surface area contributed by atoms with Crippen LogP contribution < -0.4 is 5.73 Å². The normalized spacial score (nSPS) is 24.4. The third-order valence-electron chi connectivity index (χ3n) is 3.14. The molecule has 1 saturated heterocycles. The van der Waals surface area contributed by atoms with Gasteiger partial charge < -0.3 is 10.6 Å². The van der Waals surface area contributed by atoms with Gasteiger partial charge in [0, 0.05) is 11.8 Å². The Labute approximate surface area is 92.6 Å². The van der Waals surface area contributed by atoms with Gasteiger partial charge in [-0.15, -0.1) is 0 Å². The quantitative estimate of drug-likeness (QED) is 0.734. The molecule has 2 N–H and O–H groups in total. The topological polar surface area (TPSA) is 29.3 Å². The second-order valence-electron chi connectivity index (χ2n) is 4.48. The maximum absolute atomic E-state index is 5.59. The van der Waals surface area contributed by atoms with Gasteiger partial charge in [-0.2, -0.15) is 11.8 Å². The van der Waals surface area contributed by atoms with Crippen molar-refractivity contribution >= 4 is 11.8 Å². The van der Waals surface area contributed by atoms with Gasteiger partial charge in [0.15, 0.2) is 0 Å². The first-order chi connectivity index (χ1) is 6.74. The van der Waals surface area contributed by atoms with Crippen molar-refractivity contribution in [3.8, 4) is 0 Å². The summed E-state index contributed by atoms with van der Waals surface area (Å²) in [6.07, 6.45) is 3.96. The van der Waals surface area contributed by atoms with Crippen molar-refractivity contribution in [2.24, 2.45) is 11.7 Å². The highest BCUT2D eigenvalue weighted by atomic mass is 32.2. The highest BCUT2D eigenvalue weighted by molar-refractivity contribution is 7.99. The molecule has 0 spiro atoms. The van der Waals surface area contributed by atoms with Crippen molar-refractivity contribution in [3.05, 3.63) is 0 Å². The largest absolute Gasteiger partial charge is 0.330 e. The van der Waals surface area contributed by atoms with E-state index in [2.05, 4.69) is 30.6 Å². The summed E-state index contributed by atoms with van der Waals surface area (Å²) in [5.41, 5.74) is 5.59. The molecule has 0 amide bonds. The number of thioether (sulfide) groups is 1. The van der Waals surface area contributed by atoms with Crippen LogP contribution in [-0.2, 0) is 0 Å². The van der Waals surface area contributed by atoms with E-state index in [-0.39, 0.29) is 0 Å². The molecule has 1 rings (SSSR count). The standard InChI is InChI=1S/C11H24N2S/c1-10(8-12)4-3-6-13(2)11-5-7-14-9-11/h10-11H,3-9,12H2,1-2H3. The molecule has 3 heteroatoms. The molecule has 1 aliphatic heterocycles. The smallest absolute Gasteiger partial charge is 0.0191 e. The molecule has 1 fully saturated rings. The molecule has 2 nitrogen and oxygen atoms in total. The number of nitrogens with two attached hydrogens (primary N) is 1. The Bertz CT molecular complexity index is 146. The van der Waals surface area contributed by atoms with Crippen LogP contribution in [0.25, 0.3) is 0 Å². The van der Waals surface area contributed by atoms with Crippen LogP contribution >= 0.6 is 11.8 Å². The van der Waals surface area contributed by atoms with Gasteiger partial charge in [-0.1, -0.05) is 6.92 Å². The summed E-state index contributed by atoms with van der Waals surface area (Å²) in [5, 5.41) is 0. The monoisotopic (exact) mass is 216 g/mol. The average Bonchev–Trinajstić information content (AvgIpc) is 2.70.